The number of rotatable bonds is 4. The second-order valence-electron chi connectivity index (χ2n) is 6.31. The predicted molar refractivity (Wildman–Crippen MR) is 91.2 cm³/mol. The Morgan fingerprint density at radius 1 is 1.17 bits per heavy atom. The van der Waals surface area contributed by atoms with Gasteiger partial charge in [-0.15, -0.1) is 0 Å². The number of hydrogen-bond donors (Lipinski definition) is 1. The molecule has 1 unspecified atom stereocenters. The van der Waals surface area contributed by atoms with Gasteiger partial charge in [0.25, 0.3) is 0 Å². The van der Waals surface area contributed by atoms with E-state index in [1.54, 1.807) is 12.1 Å². The van der Waals surface area contributed by atoms with Crippen molar-refractivity contribution in [3.05, 3.63) is 59.4 Å². The van der Waals surface area contributed by atoms with E-state index in [4.69, 9.17) is 4.74 Å². The summed E-state index contributed by atoms with van der Waals surface area (Å²) in [5.41, 5.74) is 4.10. The minimum Gasteiger partial charge on any atom is -0.484 e. The van der Waals surface area contributed by atoms with E-state index in [0.717, 1.165) is 29.0 Å². The SMILES string of the molecule is CNCC1C=Cc2cc(F)cc(-c3ccccc3C3CC3)c2O1. The fourth-order valence-corrected chi connectivity index (χ4v) is 3.28. The van der Waals surface area contributed by atoms with Gasteiger partial charge in [-0.2, -0.15) is 0 Å². The smallest absolute Gasteiger partial charge is 0.135 e. The molecule has 2 aromatic carbocycles. The van der Waals surface area contributed by atoms with Crippen LogP contribution >= 0.6 is 0 Å². The number of benzene rings is 2. The Hall–Kier alpha value is -2.13. The highest BCUT2D eigenvalue weighted by molar-refractivity contribution is 5.80. The minimum absolute atomic E-state index is 0.0233. The topological polar surface area (TPSA) is 21.3 Å². The lowest BCUT2D eigenvalue weighted by atomic mass is 9.93. The van der Waals surface area contributed by atoms with Crippen molar-refractivity contribution in [2.75, 3.05) is 13.6 Å². The summed E-state index contributed by atoms with van der Waals surface area (Å²) >= 11 is 0. The van der Waals surface area contributed by atoms with Gasteiger partial charge in [0.1, 0.15) is 17.7 Å². The van der Waals surface area contributed by atoms with Crippen LogP contribution in [0.3, 0.4) is 0 Å². The third kappa shape index (κ3) is 2.77. The van der Waals surface area contributed by atoms with E-state index in [9.17, 15) is 4.39 Å². The maximum Gasteiger partial charge on any atom is 0.135 e. The van der Waals surface area contributed by atoms with Crippen molar-refractivity contribution in [1.82, 2.24) is 5.32 Å². The molecule has 118 valence electrons. The van der Waals surface area contributed by atoms with Gasteiger partial charge in [-0.05, 0) is 55.1 Å². The number of likely N-dealkylation sites (N-methyl/N-ethyl adjacent to an activating group) is 1. The first-order valence-corrected chi connectivity index (χ1v) is 8.18. The van der Waals surface area contributed by atoms with Crippen molar-refractivity contribution in [2.24, 2.45) is 0 Å². The summed E-state index contributed by atoms with van der Waals surface area (Å²) in [6, 6.07) is 11.5. The van der Waals surface area contributed by atoms with Crippen LogP contribution in [0, 0.1) is 5.82 Å². The first kappa shape index (κ1) is 14.5. The standard InChI is InChI=1S/C20H20FNO/c1-22-12-16-9-8-14-10-15(21)11-19(20(14)23-16)18-5-3-2-4-17(18)13-6-7-13/h2-5,8-11,13,16,22H,6-7,12H2,1H3. The monoisotopic (exact) mass is 309 g/mol. The van der Waals surface area contributed by atoms with Gasteiger partial charge in [-0.1, -0.05) is 30.3 Å². The van der Waals surface area contributed by atoms with Crippen LogP contribution in [0.25, 0.3) is 17.2 Å². The molecule has 1 aliphatic carbocycles. The molecule has 1 atom stereocenters. The summed E-state index contributed by atoms with van der Waals surface area (Å²) < 4.78 is 20.3. The van der Waals surface area contributed by atoms with Crippen molar-refractivity contribution < 1.29 is 9.13 Å². The molecule has 3 heteroatoms. The predicted octanol–water partition coefficient (Wildman–Crippen LogP) is 4.36. The van der Waals surface area contributed by atoms with Crippen molar-refractivity contribution in [3.63, 3.8) is 0 Å². The van der Waals surface area contributed by atoms with Crippen LogP contribution in [0.1, 0.15) is 29.9 Å². The molecule has 1 N–H and O–H groups in total. The van der Waals surface area contributed by atoms with Crippen molar-refractivity contribution >= 4 is 6.08 Å². The van der Waals surface area contributed by atoms with E-state index >= 15 is 0 Å². The quantitative estimate of drug-likeness (QED) is 0.906. The van der Waals surface area contributed by atoms with Gasteiger partial charge in [0.15, 0.2) is 0 Å². The van der Waals surface area contributed by atoms with Crippen LogP contribution in [-0.2, 0) is 0 Å². The van der Waals surface area contributed by atoms with Gasteiger partial charge >= 0.3 is 0 Å². The Balaban J connectivity index is 1.84. The highest BCUT2D eigenvalue weighted by Gasteiger charge is 2.28. The first-order chi connectivity index (χ1) is 11.3. The van der Waals surface area contributed by atoms with Gasteiger partial charge in [-0.3, -0.25) is 0 Å². The zero-order valence-corrected chi connectivity index (χ0v) is 13.2. The Kier molecular flexibility index (Phi) is 3.66. The fraction of sp³-hybridized carbons (Fsp3) is 0.300. The number of hydrogen-bond acceptors (Lipinski definition) is 2. The van der Waals surface area contributed by atoms with Gasteiger partial charge < -0.3 is 10.1 Å². The summed E-state index contributed by atoms with van der Waals surface area (Å²) in [5, 5.41) is 3.13. The van der Waals surface area contributed by atoms with Crippen LogP contribution in [0.15, 0.2) is 42.5 Å². The molecule has 1 fully saturated rings. The fourth-order valence-electron chi connectivity index (χ4n) is 3.28. The van der Waals surface area contributed by atoms with E-state index in [1.165, 1.54) is 18.4 Å². The lowest BCUT2D eigenvalue weighted by molar-refractivity contribution is 0.245. The maximum atomic E-state index is 14.1. The minimum atomic E-state index is -0.218. The van der Waals surface area contributed by atoms with E-state index in [0.29, 0.717) is 5.92 Å². The molecule has 0 aromatic heterocycles. The zero-order chi connectivity index (χ0) is 15.8. The summed E-state index contributed by atoms with van der Waals surface area (Å²) in [7, 11) is 1.90. The maximum absolute atomic E-state index is 14.1. The molecule has 0 spiro atoms. The molecule has 1 saturated carbocycles. The second kappa shape index (κ2) is 5.82. The molecule has 2 aromatic rings. The Labute approximate surface area is 136 Å². The van der Waals surface area contributed by atoms with Gasteiger partial charge in [-0.25, -0.2) is 4.39 Å². The van der Waals surface area contributed by atoms with Crippen LogP contribution in [0.2, 0.25) is 0 Å². The molecule has 0 bridgehead atoms. The first-order valence-electron chi connectivity index (χ1n) is 8.18. The zero-order valence-electron chi connectivity index (χ0n) is 13.2. The average molecular weight is 309 g/mol. The highest BCUT2D eigenvalue weighted by atomic mass is 19.1. The van der Waals surface area contributed by atoms with Crippen LogP contribution < -0.4 is 10.1 Å². The van der Waals surface area contributed by atoms with Gasteiger partial charge in [0, 0.05) is 17.7 Å². The molecule has 0 saturated heterocycles. The molecule has 1 aliphatic heterocycles. The highest BCUT2D eigenvalue weighted by Crippen LogP contribution is 2.47. The average Bonchev–Trinajstić information content (AvgIpc) is 3.40. The normalized spacial score (nSPS) is 19.3. The van der Waals surface area contributed by atoms with Crippen LogP contribution in [-0.4, -0.2) is 19.7 Å². The van der Waals surface area contributed by atoms with Gasteiger partial charge in [0.05, 0.1) is 0 Å². The summed E-state index contributed by atoms with van der Waals surface area (Å²) in [6.45, 7) is 0.733. The largest absolute Gasteiger partial charge is 0.484 e. The second-order valence-corrected chi connectivity index (χ2v) is 6.31. The molecule has 2 aliphatic rings. The number of ether oxygens (including phenoxy) is 1. The third-order valence-electron chi connectivity index (χ3n) is 4.52. The molecule has 4 rings (SSSR count). The summed E-state index contributed by atoms with van der Waals surface area (Å²) in [5.74, 6) is 1.18. The van der Waals surface area contributed by atoms with E-state index < -0.39 is 0 Å². The van der Waals surface area contributed by atoms with Crippen LogP contribution in [0.5, 0.6) is 5.75 Å². The third-order valence-corrected chi connectivity index (χ3v) is 4.52. The molecular formula is C20H20FNO. The lowest BCUT2D eigenvalue weighted by Gasteiger charge is -2.24. The Morgan fingerprint density at radius 2 is 2.00 bits per heavy atom. The summed E-state index contributed by atoms with van der Waals surface area (Å²) in [4.78, 5) is 0. The Morgan fingerprint density at radius 3 is 2.78 bits per heavy atom. The number of halogens is 1. The number of fused-ring (bicyclic) bond motifs is 1. The van der Waals surface area contributed by atoms with Gasteiger partial charge in [0.2, 0.25) is 0 Å². The molecule has 23 heavy (non-hydrogen) atoms. The molecule has 0 radical (unpaired) electrons. The molecule has 0 amide bonds. The van der Waals surface area contributed by atoms with E-state index in [2.05, 4.69) is 23.5 Å². The Bertz CT molecular complexity index is 764. The van der Waals surface area contributed by atoms with E-state index in [-0.39, 0.29) is 11.9 Å². The van der Waals surface area contributed by atoms with Crippen molar-refractivity contribution in [3.8, 4) is 16.9 Å². The number of nitrogens with one attached hydrogen (secondary N) is 1. The van der Waals surface area contributed by atoms with Crippen LogP contribution in [0.4, 0.5) is 4.39 Å². The molecule has 2 nitrogen and oxygen atoms in total. The lowest BCUT2D eigenvalue weighted by Crippen LogP contribution is -2.29. The van der Waals surface area contributed by atoms with Crippen molar-refractivity contribution in [2.45, 2.75) is 24.9 Å². The summed E-state index contributed by atoms with van der Waals surface area (Å²) in [6.07, 6.45) is 6.36. The van der Waals surface area contributed by atoms with Crippen molar-refractivity contribution in [1.29, 1.82) is 0 Å². The molecule has 1 heterocycles. The van der Waals surface area contributed by atoms with E-state index in [1.807, 2.05) is 25.3 Å². The molecular weight excluding hydrogens is 289 g/mol.